The molecule has 0 bridgehead atoms. The molecule has 2 unspecified atom stereocenters. The molecule has 1 aromatic rings. The van der Waals surface area contributed by atoms with Gasteiger partial charge in [0.1, 0.15) is 5.82 Å². The van der Waals surface area contributed by atoms with E-state index in [4.69, 9.17) is 10.7 Å². The SMILES string of the molecule is O=S(=O)(Cl)C1CC1c1cccc(F)c1. The van der Waals surface area contributed by atoms with Gasteiger partial charge in [-0.3, -0.25) is 0 Å². The highest BCUT2D eigenvalue weighted by Gasteiger charge is 2.47. The molecule has 0 aliphatic heterocycles. The molecule has 0 N–H and O–H groups in total. The molecule has 0 amide bonds. The van der Waals surface area contributed by atoms with Crippen LogP contribution in [-0.4, -0.2) is 13.7 Å². The molecule has 0 heterocycles. The minimum absolute atomic E-state index is 0.131. The maximum atomic E-state index is 12.8. The summed E-state index contributed by atoms with van der Waals surface area (Å²) in [7, 11) is 1.70. The highest BCUT2D eigenvalue weighted by Crippen LogP contribution is 2.47. The Kier molecular flexibility index (Phi) is 2.27. The number of hydrogen-bond donors (Lipinski definition) is 0. The predicted molar refractivity (Wildman–Crippen MR) is 52.3 cm³/mol. The molecule has 5 heteroatoms. The van der Waals surface area contributed by atoms with Crippen molar-refractivity contribution in [1.29, 1.82) is 0 Å². The van der Waals surface area contributed by atoms with Gasteiger partial charge in [-0.15, -0.1) is 0 Å². The third kappa shape index (κ3) is 1.91. The zero-order chi connectivity index (χ0) is 10.3. The van der Waals surface area contributed by atoms with Crippen LogP contribution in [0, 0.1) is 5.82 Å². The molecular weight excluding hydrogens is 227 g/mol. The first-order valence-corrected chi connectivity index (χ1v) is 6.54. The largest absolute Gasteiger partial charge is 0.236 e. The van der Waals surface area contributed by atoms with Crippen LogP contribution >= 0.6 is 10.7 Å². The first-order valence-electron chi connectivity index (χ1n) is 4.17. The first-order chi connectivity index (χ1) is 6.48. The Morgan fingerprint density at radius 3 is 2.64 bits per heavy atom. The number of halogens is 2. The molecule has 1 saturated carbocycles. The van der Waals surface area contributed by atoms with Crippen molar-refractivity contribution >= 4 is 19.7 Å². The minimum Gasteiger partial charge on any atom is -0.212 e. The van der Waals surface area contributed by atoms with Crippen molar-refractivity contribution in [2.24, 2.45) is 0 Å². The molecule has 0 radical (unpaired) electrons. The van der Waals surface area contributed by atoms with Crippen LogP contribution in [0.25, 0.3) is 0 Å². The molecule has 76 valence electrons. The molecule has 1 aliphatic carbocycles. The van der Waals surface area contributed by atoms with Crippen LogP contribution in [0.1, 0.15) is 17.9 Å². The van der Waals surface area contributed by atoms with Gasteiger partial charge in [-0.05, 0) is 24.1 Å². The molecule has 2 atom stereocenters. The third-order valence-electron chi connectivity index (χ3n) is 2.37. The zero-order valence-corrected chi connectivity index (χ0v) is 8.72. The Morgan fingerprint density at radius 1 is 1.43 bits per heavy atom. The third-order valence-corrected chi connectivity index (χ3v) is 4.30. The highest BCUT2D eigenvalue weighted by atomic mass is 35.7. The quantitative estimate of drug-likeness (QED) is 0.736. The molecule has 0 saturated heterocycles. The van der Waals surface area contributed by atoms with Crippen LogP contribution in [0.4, 0.5) is 4.39 Å². The van der Waals surface area contributed by atoms with Crippen molar-refractivity contribution in [2.45, 2.75) is 17.6 Å². The number of rotatable bonds is 2. The van der Waals surface area contributed by atoms with Gasteiger partial charge < -0.3 is 0 Å². The maximum Gasteiger partial charge on any atom is 0.236 e. The topological polar surface area (TPSA) is 34.1 Å². The van der Waals surface area contributed by atoms with E-state index in [0.717, 1.165) is 0 Å². The van der Waals surface area contributed by atoms with Gasteiger partial charge in [-0.1, -0.05) is 12.1 Å². The van der Waals surface area contributed by atoms with Crippen LogP contribution in [0.3, 0.4) is 0 Å². The van der Waals surface area contributed by atoms with Gasteiger partial charge in [0, 0.05) is 16.6 Å². The second kappa shape index (κ2) is 3.21. The average molecular weight is 235 g/mol. The Labute approximate surface area is 86.1 Å². The van der Waals surface area contributed by atoms with E-state index in [2.05, 4.69) is 0 Å². The van der Waals surface area contributed by atoms with Crippen LogP contribution < -0.4 is 0 Å². The highest BCUT2D eigenvalue weighted by molar-refractivity contribution is 8.14. The fraction of sp³-hybridized carbons (Fsp3) is 0.333. The molecule has 1 fully saturated rings. The van der Waals surface area contributed by atoms with Gasteiger partial charge in [-0.2, -0.15) is 0 Å². The average Bonchev–Trinajstić information content (AvgIpc) is 2.81. The molecule has 14 heavy (non-hydrogen) atoms. The minimum atomic E-state index is -3.49. The van der Waals surface area contributed by atoms with E-state index in [1.54, 1.807) is 12.1 Å². The van der Waals surface area contributed by atoms with Gasteiger partial charge >= 0.3 is 0 Å². The second-order valence-corrected chi connectivity index (χ2v) is 6.26. The molecule has 0 aromatic heterocycles. The lowest BCUT2D eigenvalue weighted by molar-refractivity contribution is 0.607. The van der Waals surface area contributed by atoms with Crippen LogP contribution in [-0.2, 0) is 9.05 Å². The van der Waals surface area contributed by atoms with Gasteiger partial charge in [0.15, 0.2) is 0 Å². The fourth-order valence-corrected chi connectivity index (χ4v) is 3.15. The number of benzene rings is 1. The van der Waals surface area contributed by atoms with E-state index >= 15 is 0 Å². The Morgan fingerprint density at radius 2 is 2.14 bits per heavy atom. The first kappa shape index (κ1) is 9.93. The molecule has 2 nitrogen and oxygen atoms in total. The molecule has 1 aliphatic rings. The monoisotopic (exact) mass is 234 g/mol. The molecular formula is C9H8ClFO2S. The van der Waals surface area contributed by atoms with Gasteiger partial charge in [0.05, 0.1) is 5.25 Å². The molecule has 1 aromatic carbocycles. The Balaban J connectivity index is 2.22. The van der Waals surface area contributed by atoms with Crippen molar-refractivity contribution in [3.63, 3.8) is 0 Å². The zero-order valence-electron chi connectivity index (χ0n) is 7.15. The summed E-state index contributed by atoms with van der Waals surface area (Å²) in [6.07, 6.45) is 0.495. The molecule has 0 spiro atoms. The summed E-state index contributed by atoms with van der Waals surface area (Å²) >= 11 is 0. The summed E-state index contributed by atoms with van der Waals surface area (Å²) in [6, 6.07) is 5.97. The summed E-state index contributed by atoms with van der Waals surface area (Å²) < 4.78 is 34.7. The van der Waals surface area contributed by atoms with Crippen molar-refractivity contribution in [3.05, 3.63) is 35.6 Å². The van der Waals surface area contributed by atoms with Gasteiger partial charge in [0.25, 0.3) is 0 Å². The van der Waals surface area contributed by atoms with Gasteiger partial charge in [-0.25, -0.2) is 12.8 Å². The summed E-state index contributed by atoms with van der Waals surface area (Å²) in [5, 5.41) is -0.536. The van der Waals surface area contributed by atoms with E-state index in [1.807, 2.05) is 0 Å². The lowest BCUT2D eigenvalue weighted by Crippen LogP contribution is -1.99. The fourth-order valence-electron chi connectivity index (χ4n) is 1.57. The smallest absolute Gasteiger partial charge is 0.212 e. The normalized spacial score (nSPS) is 26.1. The van der Waals surface area contributed by atoms with E-state index < -0.39 is 14.3 Å². The van der Waals surface area contributed by atoms with Crippen molar-refractivity contribution < 1.29 is 12.8 Å². The predicted octanol–water partition coefficient (Wildman–Crippen LogP) is 2.25. The Bertz CT molecular complexity index is 458. The maximum absolute atomic E-state index is 12.8. The second-order valence-electron chi connectivity index (χ2n) is 3.41. The summed E-state index contributed by atoms with van der Waals surface area (Å²) in [6.45, 7) is 0. The standard InChI is InChI=1S/C9H8ClFO2S/c10-14(12,13)9-5-8(9)6-2-1-3-7(11)4-6/h1-4,8-9H,5H2. The summed E-state index contributed by atoms with van der Waals surface area (Å²) in [5.41, 5.74) is 0.708. The van der Waals surface area contributed by atoms with Crippen LogP contribution in [0.2, 0.25) is 0 Å². The summed E-state index contributed by atoms with van der Waals surface area (Å²) in [4.78, 5) is 0. The number of hydrogen-bond acceptors (Lipinski definition) is 2. The van der Waals surface area contributed by atoms with E-state index in [-0.39, 0.29) is 11.7 Å². The summed E-state index contributed by atoms with van der Waals surface area (Å²) in [5.74, 6) is -0.478. The lowest BCUT2D eigenvalue weighted by Gasteiger charge is -1.98. The van der Waals surface area contributed by atoms with Crippen molar-refractivity contribution in [3.8, 4) is 0 Å². The van der Waals surface area contributed by atoms with Crippen LogP contribution in [0.15, 0.2) is 24.3 Å². The van der Waals surface area contributed by atoms with E-state index in [9.17, 15) is 12.8 Å². The van der Waals surface area contributed by atoms with Crippen LogP contribution in [0.5, 0.6) is 0 Å². The van der Waals surface area contributed by atoms with Crippen molar-refractivity contribution in [2.75, 3.05) is 0 Å². The van der Waals surface area contributed by atoms with Gasteiger partial charge in [0.2, 0.25) is 9.05 Å². The van der Waals surface area contributed by atoms with E-state index in [1.165, 1.54) is 12.1 Å². The lowest BCUT2D eigenvalue weighted by atomic mass is 10.1. The Hall–Kier alpha value is -0.610. The molecule has 2 rings (SSSR count). The van der Waals surface area contributed by atoms with E-state index in [0.29, 0.717) is 12.0 Å². The van der Waals surface area contributed by atoms with Crippen molar-refractivity contribution in [1.82, 2.24) is 0 Å².